The molecule has 0 aromatic rings. The van der Waals surface area contributed by atoms with E-state index in [1.165, 1.54) is 19.3 Å². The highest BCUT2D eigenvalue weighted by atomic mass is 16.3. The Morgan fingerprint density at radius 2 is 1.81 bits per heavy atom. The van der Waals surface area contributed by atoms with Crippen molar-refractivity contribution in [1.82, 2.24) is 0 Å². The lowest BCUT2D eigenvalue weighted by Gasteiger charge is -2.58. The topological polar surface area (TPSA) is 40.5 Å². The van der Waals surface area contributed by atoms with Crippen LogP contribution < -0.4 is 0 Å². The average molecular weight is 226 g/mol. The summed E-state index contributed by atoms with van der Waals surface area (Å²) in [5.74, 6) is 0.750. The monoisotopic (exact) mass is 226 g/mol. The van der Waals surface area contributed by atoms with E-state index < -0.39 is 0 Å². The molecule has 16 heavy (non-hydrogen) atoms. The van der Waals surface area contributed by atoms with Gasteiger partial charge in [-0.2, -0.15) is 0 Å². The third-order valence-corrected chi connectivity index (χ3v) is 5.54. The number of fused-ring (bicyclic) bond motifs is 1. The van der Waals surface area contributed by atoms with Gasteiger partial charge in [-0.05, 0) is 42.4 Å². The highest BCUT2D eigenvalue weighted by Crippen LogP contribution is 2.59. The van der Waals surface area contributed by atoms with Crippen molar-refractivity contribution in [3.63, 3.8) is 0 Å². The van der Waals surface area contributed by atoms with Crippen molar-refractivity contribution in [3.8, 4) is 0 Å². The maximum Gasteiger partial charge on any atom is 0.0595 e. The SMILES string of the molecule is CC1(C)CCC[C@@]2(C)C1CC[C@@H](O)[C@@H]2CO. The van der Waals surface area contributed by atoms with Crippen molar-refractivity contribution < 1.29 is 10.2 Å². The summed E-state index contributed by atoms with van der Waals surface area (Å²) in [5.41, 5.74) is 0.523. The Hall–Kier alpha value is -0.0800. The van der Waals surface area contributed by atoms with Gasteiger partial charge < -0.3 is 10.2 Å². The molecule has 2 heteroatoms. The zero-order chi connectivity index (χ0) is 12.0. The van der Waals surface area contributed by atoms with Gasteiger partial charge in [0.2, 0.25) is 0 Å². The van der Waals surface area contributed by atoms with E-state index in [4.69, 9.17) is 0 Å². The Balaban J connectivity index is 2.31. The summed E-state index contributed by atoms with van der Waals surface area (Å²) in [5, 5.41) is 19.7. The molecule has 2 aliphatic carbocycles. The van der Waals surface area contributed by atoms with Crippen LogP contribution in [0.5, 0.6) is 0 Å². The number of aliphatic hydroxyl groups excluding tert-OH is 2. The normalized spacial score (nSPS) is 47.4. The lowest BCUT2D eigenvalue weighted by molar-refractivity contribution is -0.136. The molecular weight excluding hydrogens is 200 g/mol. The summed E-state index contributed by atoms with van der Waals surface area (Å²) < 4.78 is 0. The third kappa shape index (κ3) is 1.70. The molecule has 2 fully saturated rings. The minimum atomic E-state index is -0.292. The highest BCUT2D eigenvalue weighted by Gasteiger charge is 2.54. The molecule has 0 heterocycles. The summed E-state index contributed by atoms with van der Waals surface area (Å²) in [6, 6.07) is 0. The van der Waals surface area contributed by atoms with Gasteiger partial charge in [0.15, 0.2) is 0 Å². The molecule has 2 nitrogen and oxygen atoms in total. The summed E-state index contributed by atoms with van der Waals surface area (Å²) >= 11 is 0. The summed E-state index contributed by atoms with van der Waals surface area (Å²) in [4.78, 5) is 0. The molecule has 0 amide bonds. The number of hydrogen-bond donors (Lipinski definition) is 2. The fourth-order valence-electron chi connectivity index (χ4n) is 4.64. The van der Waals surface area contributed by atoms with Gasteiger partial charge in [0.25, 0.3) is 0 Å². The van der Waals surface area contributed by atoms with E-state index in [2.05, 4.69) is 20.8 Å². The van der Waals surface area contributed by atoms with Gasteiger partial charge in [-0.25, -0.2) is 0 Å². The number of hydrogen-bond acceptors (Lipinski definition) is 2. The fraction of sp³-hybridized carbons (Fsp3) is 1.00. The number of aliphatic hydroxyl groups is 2. The van der Waals surface area contributed by atoms with Gasteiger partial charge in [0.1, 0.15) is 0 Å². The molecule has 2 aliphatic rings. The Labute approximate surface area is 99.1 Å². The summed E-state index contributed by atoms with van der Waals surface area (Å²) in [6.45, 7) is 7.16. The van der Waals surface area contributed by atoms with Gasteiger partial charge >= 0.3 is 0 Å². The molecular formula is C14H26O2. The Kier molecular flexibility index (Phi) is 3.09. The fourth-order valence-corrected chi connectivity index (χ4v) is 4.64. The molecule has 1 unspecified atom stereocenters. The zero-order valence-electron chi connectivity index (χ0n) is 10.9. The minimum absolute atomic E-state index is 0.0887. The first-order valence-electron chi connectivity index (χ1n) is 6.71. The van der Waals surface area contributed by atoms with Crippen molar-refractivity contribution in [2.45, 2.75) is 59.0 Å². The second-order valence-electron chi connectivity index (χ2n) is 6.83. The molecule has 2 rings (SSSR count). The molecule has 2 saturated carbocycles. The first-order valence-corrected chi connectivity index (χ1v) is 6.71. The lowest BCUT2D eigenvalue weighted by atomic mass is 9.48. The maximum atomic E-state index is 10.1. The van der Waals surface area contributed by atoms with E-state index >= 15 is 0 Å². The first kappa shape index (κ1) is 12.4. The van der Waals surface area contributed by atoms with Crippen LogP contribution in [0.1, 0.15) is 52.9 Å². The third-order valence-electron chi connectivity index (χ3n) is 5.54. The smallest absolute Gasteiger partial charge is 0.0595 e. The summed E-state index contributed by atoms with van der Waals surface area (Å²) in [6.07, 6.45) is 5.41. The average Bonchev–Trinajstić information content (AvgIpc) is 2.15. The largest absolute Gasteiger partial charge is 0.396 e. The molecule has 0 bridgehead atoms. The van der Waals surface area contributed by atoms with Crippen LogP contribution in [-0.2, 0) is 0 Å². The van der Waals surface area contributed by atoms with E-state index in [0.717, 1.165) is 12.8 Å². The molecule has 0 aliphatic heterocycles. The van der Waals surface area contributed by atoms with Gasteiger partial charge in [0.05, 0.1) is 6.10 Å². The number of rotatable bonds is 1. The second kappa shape index (κ2) is 3.99. The van der Waals surface area contributed by atoms with Crippen LogP contribution in [0.3, 0.4) is 0 Å². The minimum Gasteiger partial charge on any atom is -0.396 e. The van der Waals surface area contributed by atoms with Crippen LogP contribution >= 0.6 is 0 Å². The highest BCUT2D eigenvalue weighted by molar-refractivity contribution is 5.03. The van der Waals surface area contributed by atoms with Gasteiger partial charge in [0, 0.05) is 12.5 Å². The van der Waals surface area contributed by atoms with Crippen LogP contribution in [0, 0.1) is 22.7 Å². The van der Waals surface area contributed by atoms with E-state index in [1.54, 1.807) is 0 Å². The van der Waals surface area contributed by atoms with E-state index in [0.29, 0.717) is 11.3 Å². The molecule has 94 valence electrons. The second-order valence-corrected chi connectivity index (χ2v) is 6.83. The molecule has 0 saturated heterocycles. The summed E-state index contributed by atoms with van der Waals surface area (Å²) in [7, 11) is 0. The maximum absolute atomic E-state index is 10.1. The van der Waals surface area contributed by atoms with Crippen molar-refractivity contribution in [3.05, 3.63) is 0 Å². The molecule has 0 aromatic carbocycles. The van der Waals surface area contributed by atoms with Crippen LogP contribution in [0.25, 0.3) is 0 Å². The van der Waals surface area contributed by atoms with Crippen molar-refractivity contribution in [2.75, 3.05) is 6.61 Å². The quantitative estimate of drug-likeness (QED) is 0.721. The molecule has 2 N–H and O–H groups in total. The van der Waals surface area contributed by atoms with Crippen molar-refractivity contribution >= 4 is 0 Å². The molecule has 0 aromatic heterocycles. The Morgan fingerprint density at radius 3 is 2.44 bits per heavy atom. The predicted molar refractivity (Wildman–Crippen MR) is 65.0 cm³/mol. The zero-order valence-corrected chi connectivity index (χ0v) is 10.9. The van der Waals surface area contributed by atoms with Crippen LogP contribution in [0.15, 0.2) is 0 Å². The van der Waals surface area contributed by atoms with Crippen LogP contribution in [0.4, 0.5) is 0 Å². The van der Waals surface area contributed by atoms with Gasteiger partial charge in [-0.3, -0.25) is 0 Å². The van der Waals surface area contributed by atoms with Crippen molar-refractivity contribution in [2.24, 2.45) is 22.7 Å². The van der Waals surface area contributed by atoms with E-state index in [-0.39, 0.29) is 24.0 Å². The lowest BCUT2D eigenvalue weighted by Crippen LogP contribution is -2.54. The van der Waals surface area contributed by atoms with Gasteiger partial charge in [-0.15, -0.1) is 0 Å². The van der Waals surface area contributed by atoms with Crippen molar-refractivity contribution in [1.29, 1.82) is 0 Å². The van der Waals surface area contributed by atoms with Crippen LogP contribution in [-0.4, -0.2) is 22.9 Å². The van der Waals surface area contributed by atoms with E-state index in [9.17, 15) is 10.2 Å². The molecule has 0 radical (unpaired) electrons. The molecule has 0 spiro atoms. The first-order chi connectivity index (χ1) is 7.42. The Morgan fingerprint density at radius 1 is 1.12 bits per heavy atom. The Bertz CT molecular complexity index is 261. The molecule has 4 atom stereocenters. The standard InChI is InChI=1S/C14H26O2/c1-13(2)7-4-8-14(3)10(9-15)11(16)5-6-12(13)14/h10-12,15-16H,4-9H2,1-3H3/t10-,11+,12?,14+/m0/s1. The predicted octanol–water partition coefficient (Wildman–Crippen LogP) is 2.58. The van der Waals surface area contributed by atoms with E-state index in [1.807, 2.05) is 0 Å². The van der Waals surface area contributed by atoms with Crippen LogP contribution in [0.2, 0.25) is 0 Å². The van der Waals surface area contributed by atoms with Gasteiger partial charge in [-0.1, -0.05) is 27.2 Å².